The number of hydrogen-bond donors (Lipinski definition) is 2. The largest absolute Gasteiger partial charge is 0.497 e. The standard InChI is InChI=1S/C21H27NO5S/c1-4-27-19-10-7-15(2)12-20(19)28(24,25)22-14-21(23)11-5-6-16-13-17(26-3)8-9-18(16)21/h7-10,12-13,22-23H,4-6,11,14H2,1-3H3. The Balaban J connectivity index is 1.87. The van der Waals surface area contributed by atoms with Crippen molar-refractivity contribution in [2.75, 3.05) is 20.3 Å². The average Bonchev–Trinajstić information content (AvgIpc) is 2.68. The maximum atomic E-state index is 13.0. The van der Waals surface area contributed by atoms with Gasteiger partial charge in [-0.25, -0.2) is 13.1 Å². The van der Waals surface area contributed by atoms with Crippen molar-refractivity contribution in [1.82, 2.24) is 4.72 Å². The van der Waals surface area contributed by atoms with Gasteiger partial charge >= 0.3 is 0 Å². The number of rotatable bonds is 7. The van der Waals surface area contributed by atoms with Crippen LogP contribution >= 0.6 is 0 Å². The first-order valence-corrected chi connectivity index (χ1v) is 10.9. The third-order valence-corrected chi connectivity index (χ3v) is 6.52. The van der Waals surface area contributed by atoms with Gasteiger partial charge in [0, 0.05) is 6.54 Å². The van der Waals surface area contributed by atoms with Crippen LogP contribution in [-0.2, 0) is 22.0 Å². The molecule has 7 heteroatoms. The molecule has 2 aromatic rings. The lowest BCUT2D eigenvalue weighted by Crippen LogP contribution is -2.43. The van der Waals surface area contributed by atoms with E-state index >= 15 is 0 Å². The van der Waals surface area contributed by atoms with E-state index in [0.29, 0.717) is 18.8 Å². The number of benzene rings is 2. The van der Waals surface area contributed by atoms with Gasteiger partial charge in [0.1, 0.15) is 22.0 Å². The molecule has 0 heterocycles. The van der Waals surface area contributed by atoms with Gasteiger partial charge < -0.3 is 14.6 Å². The summed E-state index contributed by atoms with van der Waals surface area (Å²) >= 11 is 0. The van der Waals surface area contributed by atoms with Crippen LogP contribution in [0.3, 0.4) is 0 Å². The van der Waals surface area contributed by atoms with E-state index in [4.69, 9.17) is 9.47 Å². The fourth-order valence-electron chi connectivity index (χ4n) is 3.64. The summed E-state index contributed by atoms with van der Waals surface area (Å²) in [4.78, 5) is 0.0868. The van der Waals surface area contributed by atoms with Crippen LogP contribution in [0.1, 0.15) is 36.5 Å². The molecule has 0 amide bonds. The molecule has 1 aliphatic rings. The fraction of sp³-hybridized carbons (Fsp3) is 0.429. The van der Waals surface area contributed by atoms with Crippen LogP contribution in [-0.4, -0.2) is 33.8 Å². The van der Waals surface area contributed by atoms with Crippen molar-refractivity contribution < 1.29 is 23.0 Å². The Bertz CT molecular complexity index is 957. The second kappa shape index (κ2) is 8.11. The first-order chi connectivity index (χ1) is 13.3. The van der Waals surface area contributed by atoms with Gasteiger partial charge in [-0.15, -0.1) is 0 Å². The maximum Gasteiger partial charge on any atom is 0.244 e. The number of hydrogen-bond acceptors (Lipinski definition) is 5. The van der Waals surface area contributed by atoms with Crippen molar-refractivity contribution in [3.8, 4) is 11.5 Å². The SMILES string of the molecule is CCOc1ccc(C)cc1S(=O)(=O)NCC1(O)CCCc2cc(OC)ccc21. The number of fused-ring (bicyclic) bond motifs is 1. The van der Waals surface area contributed by atoms with E-state index in [2.05, 4.69) is 4.72 Å². The monoisotopic (exact) mass is 405 g/mol. The zero-order chi connectivity index (χ0) is 20.4. The van der Waals surface area contributed by atoms with Crippen molar-refractivity contribution in [3.63, 3.8) is 0 Å². The van der Waals surface area contributed by atoms with E-state index in [9.17, 15) is 13.5 Å². The summed E-state index contributed by atoms with van der Waals surface area (Å²) in [5.74, 6) is 1.03. The minimum Gasteiger partial charge on any atom is -0.497 e. The molecular formula is C21H27NO5S. The average molecular weight is 406 g/mol. The summed E-state index contributed by atoms with van der Waals surface area (Å²) in [5.41, 5.74) is 1.29. The molecule has 0 saturated heterocycles. The molecule has 28 heavy (non-hydrogen) atoms. The Morgan fingerprint density at radius 3 is 2.71 bits per heavy atom. The minimum atomic E-state index is -3.85. The van der Waals surface area contributed by atoms with E-state index in [-0.39, 0.29) is 11.4 Å². The van der Waals surface area contributed by atoms with Crippen LogP contribution in [0.15, 0.2) is 41.3 Å². The number of sulfonamides is 1. The normalized spacial score (nSPS) is 19.1. The van der Waals surface area contributed by atoms with Crippen LogP contribution < -0.4 is 14.2 Å². The minimum absolute atomic E-state index is 0.0868. The summed E-state index contributed by atoms with van der Waals surface area (Å²) in [7, 11) is -2.25. The zero-order valence-electron chi connectivity index (χ0n) is 16.5. The maximum absolute atomic E-state index is 13.0. The van der Waals surface area contributed by atoms with Crippen molar-refractivity contribution in [2.45, 2.75) is 43.6 Å². The van der Waals surface area contributed by atoms with Gasteiger partial charge in [0.25, 0.3) is 0 Å². The summed E-state index contributed by atoms with van der Waals surface area (Å²) < 4.78 is 39.2. The molecule has 152 valence electrons. The van der Waals surface area contributed by atoms with E-state index in [1.807, 2.05) is 25.1 Å². The zero-order valence-corrected chi connectivity index (χ0v) is 17.3. The molecule has 0 saturated carbocycles. The lowest BCUT2D eigenvalue weighted by atomic mass is 9.79. The third-order valence-electron chi connectivity index (χ3n) is 5.09. The Labute approximate surface area is 166 Å². The number of nitrogens with one attached hydrogen (secondary N) is 1. The van der Waals surface area contributed by atoms with Crippen LogP contribution in [0.5, 0.6) is 11.5 Å². The number of methoxy groups -OCH3 is 1. The molecule has 3 rings (SSSR count). The highest BCUT2D eigenvalue weighted by Gasteiger charge is 2.36. The number of aliphatic hydroxyl groups is 1. The van der Waals surface area contributed by atoms with E-state index in [0.717, 1.165) is 35.3 Å². The quantitative estimate of drug-likeness (QED) is 0.740. The van der Waals surface area contributed by atoms with Crippen molar-refractivity contribution in [2.24, 2.45) is 0 Å². The summed E-state index contributed by atoms with van der Waals surface area (Å²) in [6.07, 6.45) is 2.09. The van der Waals surface area contributed by atoms with Crippen LogP contribution in [0, 0.1) is 6.92 Å². The van der Waals surface area contributed by atoms with Gasteiger partial charge in [0.05, 0.1) is 13.7 Å². The molecular weight excluding hydrogens is 378 g/mol. The lowest BCUT2D eigenvalue weighted by molar-refractivity contribution is 0.0242. The van der Waals surface area contributed by atoms with Crippen LogP contribution in [0.4, 0.5) is 0 Å². The first kappa shape index (κ1) is 20.6. The van der Waals surface area contributed by atoms with Crippen molar-refractivity contribution in [3.05, 3.63) is 53.1 Å². The molecule has 0 fully saturated rings. The molecule has 1 atom stereocenters. The fourth-order valence-corrected chi connectivity index (χ4v) is 4.96. The smallest absolute Gasteiger partial charge is 0.244 e. The molecule has 0 aliphatic heterocycles. The second-order valence-corrected chi connectivity index (χ2v) is 8.85. The molecule has 0 bridgehead atoms. The molecule has 1 unspecified atom stereocenters. The second-order valence-electron chi connectivity index (χ2n) is 7.12. The third kappa shape index (κ3) is 4.16. The van der Waals surface area contributed by atoms with Gasteiger partial charge in [0.15, 0.2) is 0 Å². The topological polar surface area (TPSA) is 84.9 Å². The highest BCUT2D eigenvalue weighted by Crippen LogP contribution is 2.37. The molecule has 2 aromatic carbocycles. The molecule has 0 radical (unpaired) electrons. The van der Waals surface area contributed by atoms with Crippen molar-refractivity contribution in [1.29, 1.82) is 0 Å². The number of ether oxygens (including phenoxy) is 2. The molecule has 2 N–H and O–H groups in total. The predicted molar refractivity (Wildman–Crippen MR) is 107 cm³/mol. The summed E-state index contributed by atoms with van der Waals surface area (Å²) in [6, 6.07) is 10.6. The lowest BCUT2D eigenvalue weighted by Gasteiger charge is -2.35. The van der Waals surface area contributed by atoms with Gasteiger partial charge in [-0.05, 0) is 74.1 Å². The van der Waals surface area contributed by atoms with Crippen molar-refractivity contribution >= 4 is 10.0 Å². The highest BCUT2D eigenvalue weighted by molar-refractivity contribution is 7.89. The molecule has 0 aromatic heterocycles. The van der Waals surface area contributed by atoms with Crippen LogP contribution in [0.25, 0.3) is 0 Å². The van der Waals surface area contributed by atoms with Gasteiger partial charge in [-0.3, -0.25) is 0 Å². The van der Waals surface area contributed by atoms with Crippen LogP contribution in [0.2, 0.25) is 0 Å². The molecule has 6 nitrogen and oxygen atoms in total. The first-order valence-electron chi connectivity index (χ1n) is 9.42. The van der Waals surface area contributed by atoms with Gasteiger partial charge in [-0.1, -0.05) is 12.1 Å². The Morgan fingerprint density at radius 1 is 1.21 bits per heavy atom. The van der Waals surface area contributed by atoms with E-state index < -0.39 is 15.6 Å². The van der Waals surface area contributed by atoms with Gasteiger partial charge in [-0.2, -0.15) is 0 Å². The Hall–Kier alpha value is -2.09. The summed E-state index contributed by atoms with van der Waals surface area (Å²) in [6.45, 7) is 3.89. The molecule has 0 spiro atoms. The van der Waals surface area contributed by atoms with Gasteiger partial charge in [0.2, 0.25) is 10.0 Å². The summed E-state index contributed by atoms with van der Waals surface area (Å²) in [5, 5.41) is 11.2. The molecule has 1 aliphatic carbocycles. The highest BCUT2D eigenvalue weighted by atomic mass is 32.2. The Kier molecular flexibility index (Phi) is 5.98. The number of aryl methyl sites for hydroxylation is 2. The van der Waals surface area contributed by atoms with E-state index in [1.165, 1.54) is 0 Å². The Morgan fingerprint density at radius 2 is 2.00 bits per heavy atom. The predicted octanol–water partition coefficient (Wildman–Crippen LogP) is 2.90. The van der Waals surface area contributed by atoms with E-state index in [1.54, 1.807) is 32.2 Å².